The van der Waals surface area contributed by atoms with Crippen molar-refractivity contribution in [2.45, 2.75) is 121 Å². The van der Waals surface area contributed by atoms with Crippen LogP contribution in [-0.2, 0) is 38.2 Å². The van der Waals surface area contributed by atoms with Crippen molar-refractivity contribution in [1.82, 2.24) is 14.5 Å². The zero-order chi connectivity index (χ0) is 33.9. The van der Waals surface area contributed by atoms with E-state index in [-0.39, 0.29) is 53.7 Å². The van der Waals surface area contributed by atoms with Crippen LogP contribution in [0.1, 0.15) is 49.9 Å². The van der Waals surface area contributed by atoms with Crippen molar-refractivity contribution in [3.63, 3.8) is 0 Å². The number of halogens is 2. The van der Waals surface area contributed by atoms with Crippen LogP contribution < -0.4 is 4.74 Å². The first-order chi connectivity index (χ1) is 22.0. The summed E-state index contributed by atoms with van der Waals surface area (Å²) in [6.45, 7) is 19.8. The number of aromatic hydroxyl groups is 1. The molecule has 9 nitrogen and oxygen atoms in total. The summed E-state index contributed by atoms with van der Waals surface area (Å²) < 4.78 is 48.7. The summed E-state index contributed by atoms with van der Waals surface area (Å²) in [6, 6.07) is 6.02. The molecule has 3 aromatic rings. The van der Waals surface area contributed by atoms with Gasteiger partial charge in [-0.3, -0.25) is 4.57 Å². The van der Waals surface area contributed by atoms with Gasteiger partial charge in [-0.1, -0.05) is 52.0 Å². The second kappa shape index (κ2) is 13.0. The molecule has 47 heavy (non-hydrogen) atoms. The molecule has 0 unspecified atom stereocenters. The fraction of sp³-hybridized carbons (Fsp3) is 0.647. The molecule has 0 spiro atoms. The van der Waals surface area contributed by atoms with E-state index >= 15 is 0 Å². The number of benzene rings is 1. The quantitative estimate of drug-likeness (QED) is 0.162. The summed E-state index contributed by atoms with van der Waals surface area (Å²) in [5.74, 6) is -0.535. The number of imidazole rings is 1. The highest BCUT2D eigenvalue weighted by atomic mass is 35.5. The Labute approximate surface area is 284 Å². The third-order valence-electron chi connectivity index (χ3n) is 10.2. The normalized spacial score (nSPS) is 24.7. The molecule has 0 radical (unpaired) electrons. The molecule has 258 valence electrons. The first-order valence-electron chi connectivity index (χ1n) is 16.7. The minimum absolute atomic E-state index is 0.0503. The lowest BCUT2D eigenvalue weighted by atomic mass is 9.95. The van der Waals surface area contributed by atoms with Crippen molar-refractivity contribution >= 4 is 39.2 Å². The Morgan fingerprint density at radius 1 is 1.04 bits per heavy atom. The van der Waals surface area contributed by atoms with Crippen LogP contribution in [0.2, 0.25) is 48.8 Å². The molecule has 1 N–H and O–H groups in total. The van der Waals surface area contributed by atoms with Gasteiger partial charge < -0.3 is 28.5 Å². The Morgan fingerprint density at radius 3 is 2.45 bits per heavy atom. The van der Waals surface area contributed by atoms with E-state index in [0.29, 0.717) is 66.1 Å². The molecule has 3 aliphatic rings. The van der Waals surface area contributed by atoms with Gasteiger partial charge >= 0.3 is 6.01 Å². The number of rotatable bonds is 11. The fourth-order valence-corrected chi connectivity index (χ4v) is 8.77. The van der Waals surface area contributed by atoms with Crippen molar-refractivity contribution in [2.24, 2.45) is 0 Å². The van der Waals surface area contributed by atoms with Gasteiger partial charge in [-0.2, -0.15) is 4.98 Å². The van der Waals surface area contributed by atoms with E-state index in [1.165, 1.54) is 6.07 Å². The molecule has 1 aromatic carbocycles. The van der Waals surface area contributed by atoms with Crippen molar-refractivity contribution in [3.8, 4) is 11.8 Å². The molecule has 2 aliphatic heterocycles. The zero-order valence-electron chi connectivity index (χ0n) is 28.9. The van der Waals surface area contributed by atoms with E-state index in [0.717, 1.165) is 18.0 Å². The zero-order valence-corrected chi connectivity index (χ0v) is 31.6. The van der Waals surface area contributed by atoms with E-state index in [1.807, 2.05) is 4.57 Å². The lowest BCUT2D eigenvalue weighted by Crippen LogP contribution is -2.47. The summed E-state index contributed by atoms with van der Waals surface area (Å²) >= 11 is 6.79. The smallest absolute Gasteiger partial charge is 0.301 e. The van der Waals surface area contributed by atoms with Gasteiger partial charge in [-0.15, -0.1) is 0 Å². The monoisotopic (exact) mass is 705 g/mol. The van der Waals surface area contributed by atoms with Gasteiger partial charge in [0.25, 0.3) is 0 Å². The van der Waals surface area contributed by atoms with Crippen LogP contribution in [-0.4, -0.2) is 80.3 Å². The summed E-state index contributed by atoms with van der Waals surface area (Å²) in [4.78, 5) is 9.81. The number of aromatic nitrogens is 3. The Balaban J connectivity index is 1.25. The highest BCUT2D eigenvalue weighted by Crippen LogP contribution is 2.42. The van der Waals surface area contributed by atoms with Gasteiger partial charge in [-0.05, 0) is 72.6 Å². The number of aryl methyl sites for hydroxylation is 1. The van der Waals surface area contributed by atoms with Gasteiger partial charge in [0, 0.05) is 20.7 Å². The third kappa shape index (κ3) is 7.29. The van der Waals surface area contributed by atoms with Crippen LogP contribution >= 0.6 is 11.6 Å². The largest absolute Gasteiger partial charge is 0.508 e. The van der Waals surface area contributed by atoms with Crippen LogP contribution in [0.25, 0.3) is 11.2 Å². The Kier molecular flexibility index (Phi) is 9.62. The minimum atomic E-state index is -2.02. The minimum Gasteiger partial charge on any atom is -0.508 e. The average Bonchev–Trinajstić information content (AvgIpc) is 3.71. The van der Waals surface area contributed by atoms with Crippen molar-refractivity contribution in [3.05, 3.63) is 45.9 Å². The molecule has 13 heteroatoms. The van der Waals surface area contributed by atoms with E-state index < -0.39 is 16.4 Å². The maximum atomic E-state index is 14.9. The number of hydrogen-bond acceptors (Lipinski definition) is 8. The second-order valence-corrected chi connectivity index (χ2v) is 26.8. The molecule has 0 saturated carbocycles. The van der Waals surface area contributed by atoms with Gasteiger partial charge in [0.2, 0.25) is 0 Å². The molecule has 2 fully saturated rings. The second-order valence-electron chi connectivity index (χ2n) is 16.0. The van der Waals surface area contributed by atoms with Gasteiger partial charge in [0.05, 0.1) is 30.0 Å². The molecule has 5 atom stereocenters. The maximum absolute atomic E-state index is 14.9. The molecule has 0 bridgehead atoms. The van der Waals surface area contributed by atoms with Crippen LogP contribution in [0.3, 0.4) is 0 Å². The summed E-state index contributed by atoms with van der Waals surface area (Å²) in [7, 11) is -3.33. The number of phenols is 1. The van der Waals surface area contributed by atoms with Crippen molar-refractivity contribution in [1.29, 1.82) is 0 Å². The Morgan fingerprint density at radius 2 is 1.74 bits per heavy atom. The van der Waals surface area contributed by atoms with Crippen LogP contribution in [0.4, 0.5) is 4.39 Å². The number of hydrogen-bond donors (Lipinski definition) is 1. The van der Waals surface area contributed by atoms with E-state index in [2.05, 4.69) is 53.5 Å². The van der Waals surface area contributed by atoms with Crippen molar-refractivity contribution < 1.29 is 32.9 Å². The van der Waals surface area contributed by atoms with Crippen LogP contribution in [0.5, 0.6) is 11.8 Å². The van der Waals surface area contributed by atoms with E-state index in [4.69, 9.17) is 44.9 Å². The predicted octanol–water partition coefficient (Wildman–Crippen LogP) is 7.45. The molecule has 2 saturated heterocycles. The topological polar surface area (TPSA) is 97.1 Å². The van der Waals surface area contributed by atoms with Crippen molar-refractivity contribution in [2.75, 3.05) is 19.8 Å². The molecule has 6 rings (SSSR count). The first kappa shape index (κ1) is 34.8. The maximum Gasteiger partial charge on any atom is 0.301 e. The lowest BCUT2D eigenvalue weighted by molar-refractivity contribution is 0.00687. The standard InChI is InChI=1S/C34H49ClFN3O6Si2/c1-34(2,3)47(7,8)45-28-18-43-30-27(17-42-31(28)30)44-33-38-26-16-23(35)25(37-32(26)39(33)19-41-11-12-46(4,5)6)14-21-10-9-20-13-22(40)15-24(36)29(20)21/h13,15-16,21,27-28,30-31,40H,9-12,14,17-19H2,1-8H3/t21-,27-,28-,30-,31-/m1/s1. The number of fused-ring (bicyclic) bond motifs is 3. The van der Waals surface area contributed by atoms with Crippen LogP contribution in [0, 0.1) is 5.82 Å². The molecular weight excluding hydrogens is 657 g/mol. The molecule has 4 heterocycles. The highest BCUT2D eigenvalue weighted by Gasteiger charge is 2.52. The molecule has 0 amide bonds. The lowest BCUT2D eigenvalue weighted by Gasteiger charge is -2.39. The third-order valence-corrected chi connectivity index (χ3v) is 16.7. The Bertz CT molecular complexity index is 1620. The first-order valence-corrected chi connectivity index (χ1v) is 23.7. The number of pyridine rings is 1. The number of nitrogens with zero attached hydrogens (tertiary/aromatic N) is 3. The van der Waals surface area contributed by atoms with Gasteiger partial charge in [0.1, 0.15) is 36.0 Å². The number of phenolic OH excluding ortho intramolecular Hbond substituents is 1. The molecular formula is C34H49ClFN3O6Si2. The van der Waals surface area contributed by atoms with E-state index in [1.54, 1.807) is 12.1 Å². The summed E-state index contributed by atoms with van der Waals surface area (Å²) in [5, 5.41) is 10.4. The number of ether oxygens (including phenoxy) is 4. The predicted molar refractivity (Wildman–Crippen MR) is 185 cm³/mol. The highest BCUT2D eigenvalue weighted by molar-refractivity contribution is 6.76. The van der Waals surface area contributed by atoms with Gasteiger partial charge in [0.15, 0.2) is 20.1 Å². The molecule has 2 aromatic heterocycles. The van der Waals surface area contributed by atoms with Gasteiger partial charge in [-0.25, -0.2) is 9.37 Å². The summed E-state index contributed by atoms with van der Waals surface area (Å²) in [6.07, 6.45) is 0.895. The fourth-order valence-electron chi connectivity index (χ4n) is 6.48. The summed E-state index contributed by atoms with van der Waals surface area (Å²) in [5.41, 5.74) is 3.32. The van der Waals surface area contributed by atoms with E-state index in [9.17, 15) is 9.50 Å². The molecule has 1 aliphatic carbocycles. The SMILES string of the molecule is CC(C)(C)[Si](C)(C)O[C@@H]1CO[C@H]2[C@@H]1OC[C@H]2Oc1nc2cc(Cl)c(C[C@H]3CCc4cc(O)cc(F)c43)nc2n1COCC[Si](C)(C)C. The van der Waals surface area contributed by atoms with Crippen LogP contribution in [0.15, 0.2) is 18.2 Å². The Hall–Kier alpha value is -2.07. The average molecular weight is 706 g/mol.